The minimum atomic E-state index is 0.454. The Kier molecular flexibility index (Phi) is 6.27. The fourth-order valence-corrected chi connectivity index (χ4v) is 3.90. The largest absolute Gasteiger partial charge is 0.487 e. The third-order valence-electron chi connectivity index (χ3n) is 3.77. The number of hydrogen-bond donors (Lipinski definition) is 0. The van der Waals surface area contributed by atoms with Crippen LogP contribution in [0.4, 0.5) is 0 Å². The first-order chi connectivity index (χ1) is 12.7. The summed E-state index contributed by atoms with van der Waals surface area (Å²) in [5.74, 6) is 0.709. The number of rotatable bonds is 5. The standard InChI is InChI=1S/C22H15Br2NO/c23-20-12-18(11-19(14-25)17-9-5-2-6-10-17)22(21(24)13-20)26-15-16-7-3-1-4-8-16/h1-13H,15H2/b19-11+. The van der Waals surface area contributed by atoms with Gasteiger partial charge >= 0.3 is 0 Å². The lowest BCUT2D eigenvalue weighted by Crippen LogP contribution is -1.98. The summed E-state index contributed by atoms with van der Waals surface area (Å²) in [4.78, 5) is 0. The molecule has 0 aliphatic heterocycles. The van der Waals surface area contributed by atoms with Crippen LogP contribution in [-0.4, -0.2) is 0 Å². The quantitative estimate of drug-likeness (QED) is 0.302. The molecule has 26 heavy (non-hydrogen) atoms. The summed E-state index contributed by atoms with van der Waals surface area (Å²) < 4.78 is 7.81. The van der Waals surface area contributed by atoms with Crippen molar-refractivity contribution in [1.82, 2.24) is 0 Å². The van der Waals surface area contributed by atoms with E-state index in [0.29, 0.717) is 17.9 Å². The highest BCUT2D eigenvalue weighted by Crippen LogP contribution is 2.35. The van der Waals surface area contributed by atoms with Gasteiger partial charge in [0.05, 0.1) is 16.1 Å². The summed E-state index contributed by atoms with van der Waals surface area (Å²) in [6.45, 7) is 0.454. The van der Waals surface area contributed by atoms with Gasteiger partial charge in [-0.15, -0.1) is 0 Å². The van der Waals surface area contributed by atoms with E-state index < -0.39 is 0 Å². The smallest absolute Gasteiger partial charge is 0.141 e. The van der Waals surface area contributed by atoms with Crippen LogP contribution >= 0.6 is 31.9 Å². The van der Waals surface area contributed by atoms with Crippen LogP contribution in [0.2, 0.25) is 0 Å². The molecule has 0 aliphatic carbocycles. The van der Waals surface area contributed by atoms with Gasteiger partial charge in [-0.3, -0.25) is 0 Å². The van der Waals surface area contributed by atoms with Gasteiger partial charge in [0, 0.05) is 10.0 Å². The molecule has 2 nitrogen and oxygen atoms in total. The van der Waals surface area contributed by atoms with Crippen LogP contribution in [-0.2, 0) is 6.61 Å². The van der Waals surface area contributed by atoms with Crippen molar-refractivity contribution in [2.45, 2.75) is 6.61 Å². The van der Waals surface area contributed by atoms with Crippen molar-refractivity contribution in [2.24, 2.45) is 0 Å². The number of allylic oxidation sites excluding steroid dienone is 1. The Morgan fingerprint density at radius 2 is 1.62 bits per heavy atom. The maximum absolute atomic E-state index is 9.60. The molecule has 0 aliphatic rings. The molecule has 0 bridgehead atoms. The van der Waals surface area contributed by atoms with Gasteiger partial charge in [-0.2, -0.15) is 5.26 Å². The SMILES string of the molecule is N#C/C(=C\c1cc(Br)cc(Br)c1OCc1ccccc1)c1ccccc1. The average Bonchev–Trinajstić information content (AvgIpc) is 2.66. The van der Waals surface area contributed by atoms with E-state index in [1.165, 1.54) is 0 Å². The first kappa shape index (κ1) is 18.4. The fourth-order valence-electron chi connectivity index (χ4n) is 2.52. The van der Waals surface area contributed by atoms with Crippen molar-refractivity contribution in [2.75, 3.05) is 0 Å². The lowest BCUT2D eigenvalue weighted by Gasteiger charge is -2.13. The summed E-state index contributed by atoms with van der Waals surface area (Å²) in [5.41, 5.74) is 3.38. The van der Waals surface area contributed by atoms with Gasteiger partial charge in [-0.05, 0) is 45.3 Å². The van der Waals surface area contributed by atoms with Crippen LogP contribution in [0.25, 0.3) is 11.6 Å². The van der Waals surface area contributed by atoms with Gasteiger partial charge in [0.15, 0.2) is 0 Å². The molecule has 0 atom stereocenters. The molecule has 0 heterocycles. The van der Waals surface area contributed by atoms with Gasteiger partial charge in [0.1, 0.15) is 12.4 Å². The molecule has 0 fully saturated rings. The van der Waals surface area contributed by atoms with Crippen LogP contribution in [0.1, 0.15) is 16.7 Å². The van der Waals surface area contributed by atoms with Crippen molar-refractivity contribution in [1.29, 1.82) is 5.26 Å². The minimum absolute atomic E-state index is 0.454. The molecule has 0 aromatic heterocycles. The minimum Gasteiger partial charge on any atom is -0.487 e. The zero-order valence-corrected chi connectivity index (χ0v) is 17.0. The second-order valence-electron chi connectivity index (χ2n) is 5.62. The maximum Gasteiger partial charge on any atom is 0.141 e. The van der Waals surface area contributed by atoms with Gasteiger partial charge < -0.3 is 4.74 Å². The number of nitriles is 1. The summed E-state index contributed by atoms with van der Waals surface area (Å²) in [7, 11) is 0. The summed E-state index contributed by atoms with van der Waals surface area (Å²) in [6.07, 6.45) is 1.85. The number of nitrogens with zero attached hydrogens (tertiary/aromatic N) is 1. The van der Waals surface area contributed by atoms with E-state index >= 15 is 0 Å². The molecule has 0 saturated heterocycles. The Morgan fingerprint density at radius 3 is 2.27 bits per heavy atom. The van der Waals surface area contributed by atoms with E-state index in [1.807, 2.05) is 78.9 Å². The normalized spacial score (nSPS) is 11.0. The Morgan fingerprint density at radius 1 is 0.962 bits per heavy atom. The van der Waals surface area contributed by atoms with Gasteiger partial charge in [-0.1, -0.05) is 76.6 Å². The molecule has 0 radical (unpaired) electrons. The lowest BCUT2D eigenvalue weighted by atomic mass is 10.0. The highest BCUT2D eigenvalue weighted by atomic mass is 79.9. The third kappa shape index (κ3) is 4.63. The molecular formula is C22H15Br2NO. The van der Waals surface area contributed by atoms with E-state index in [1.54, 1.807) is 0 Å². The summed E-state index contributed by atoms with van der Waals surface area (Å²) >= 11 is 7.09. The van der Waals surface area contributed by atoms with Crippen molar-refractivity contribution >= 4 is 43.5 Å². The molecule has 0 unspecified atom stereocenters. The van der Waals surface area contributed by atoms with Gasteiger partial charge in [0.25, 0.3) is 0 Å². The van der Waals surface area contributed by atoms with E-state index in [-0.39, 0.29) is 0 Å². The number of halogens is 2. The first-order valence-corrected chi connectivity index (χ1v) is 9.59. The van der Waals surface area contributed by atoms with Gasteiger partial charge in [0.2, 0.25) is 0 Å². The summed E-state index contributed by atoms with van der Waals surface area (Å²) in [5, 5.41) is 9.60. The van der Waals surface area contributed by atoms with Crippen LogP contribution in [0.3, 0.4) is 0 Å². The van der Waals surface area contributed by atoms with Crippen LogP contribution < -0.4 is 4.74 Å². The molecule has 4 heteroatoms. The fraction of sp³-hybridized carbons (Fsp3) is 0.0455. The van der Waals surface area contributed by atoms with Gasteiger partial charge in [-0.25, -0.2) is 0 Å². The van der Waals surface area contributed by atoms with Crippen LogP contribution in [0.5, 0.6) is 5.75 Å². The highest BCUT2D eigenvalue weighted by Gasteiger charge is 2.11. The predicted molar refractivity (Wildman–Crippen MR) is 113 cm³/mol. The van der Waals surface area contributed by atoms with E-state index in [9.17, 15) is 5.26 Å². The second-order valence-corrected chi connectivity index (χ2v) is 7.39. The predicted octanol–water partition coefficient (Wildman–Crippen LogP) is 6.85. The Hall–Kier alpha value is -2.35. The highest BCUT2D eigenvalue weighted by molar-refractivity contribution is 9.11. The lowest BCUT2D eigenvalue weighted by molar-refractivity contribution is 0.303. The topological polar surface area (TPSA) is 33.0 Å². The molecule has 0 amide bonds. The molecule has 0 saturated carbocycles. The molecule has 3 aromatic carbocycles. The third-order valence-corrected chi connectivity index (χ3v) is 4.82. The number of ether oxygens (including phenoxy) is 1. The second kappa shape index (κ2) is 8.84. The number of hydrogen-bond acceptors (Lipinski definition) is 2. The molecule has 0 spiro atoms. The monoisotopic (exact) mass is 467 g/mol. The Labute approximate surface area is 170 Å². The van der Waals surface area contributed by atoms with E-state index in [0.717, 1.165) is 25.6 Å². The maximum atomic E-state index is 9.60. The molecule has 128 valence electrons. The molecular weight excluding hydrogens is 454 g/mol. The first-order valence-electron chi connectivity index (χ1n) is 8.00. The Balaban J connectivity index is 1.98. The molecule has 3 aromatic rings. The van der Waals surface area contributed by atoms with E-state index in [4.69, 9.17) is 4.74 Å². The zero-order valence-electron chi connectivity index (χ0n) is 13.8. The summed E-state index contributed by atoms with van der Waals surface area (Å²) in [6, 6.07) is 25.8. The molecule has 0 N–H and O–H groups in total. The number of benzene rings is 3. The molecule has 3 rings (SSSR count). The van der Waals surface area contributed by atoms with Crippen molar-refractivity contribution in [3.8, 4) is 11.8 Å². The van der Waals surface area contributed by atoms with Crippen molar-refractivity contribution in [3.05, 3.63) is 98.4 Å². The van der Waals surface area contributed by atoms with Crippen LogP contribution in [0.15, 0.2) is 81.7 Å². The average molecular weight is 469 g/mol. The van der Waals surface area contributed by atoms with Crippen LogP contribution in [0, 0.1) is 11.3 Å². The van der Waals surface area contributed by atoms with E-state index in [2.05, 4.69) is 37.9 Å². The Bertz CT molecular complexity index is 961. The van der Waals surface area contributed by atoms with Crippen molar-refractivity contribution < 1.29 is 4.74 Å². The zero-order chi connectivity index (χ0) is 18.4. The van der Waals surface area contributed by atoms with Crippen molar-refractivity contribution in [3.63, 3.8) is 0 Å².